The summed E-state index contributed by atoms with van der Waals surface area (Å²) in [6.45, 7) is 0.216. The Morgan fingerprint density at radius 3 is 2.58 bits per heavy atom. The molecule has 0 bridgehead atoms. The molecule has 0 saturated carbocycles. The summed E-state index contributed by atoms with van der Waals surface area (Å²) in [5, 5.41) is 5.80. The standard InChI is InChI=1S/C17H16ClN3O4S/c18-13-4-6-14(7-5-13)20-17(23)12-2-1-3-15(10-12)26(24,25)21-9-8-19-16(22)11-21/h1-7,10H,8-9,11H2,(H,19,22)(H,20,23). The van der Waals surface area contributed by atoms with Crippen molar-refractivity contribution in [3.05, 3.63) is 59.1 Å². The largest absolute Gasteiger partial charge is 0.354 e. The number of hydrogen-bond donors (Lipinski definition) is 2. The van der Waals surface area contributed by atoms with Crippen LogP contribution in [0.2, 0.25) is 5.02 Å². The molecular formula is C17H16ClN3O4S. The lowest BCUT2D eigenvalue weighted by Crippen LogP contribution is -2.49. The third-order valence-electron chi connectivity index (χ3n) is 3.84. The fraction of sp³-hybridized carbons (Fsp3) is 0.176. The summed E-state index contributed by atoms with van der Waals surface area (Å²) in [5.74, 6) is -0.794. The topological polar surface area (TPSA) is 95.6 Å². The molecule has 26 heavy (non-hydrogen) atoms. The van der Waals surface area contributed by atoms with E-state index in [1.807, 2.05) is 0 Å². The van der Waals surface area contributed by atoms with E-state index in [0.717, 1.165) is 4.31 Å². The van der Waals surface area contributed by atoms with Crippen LogP contribution in [-0.4, -0.2) is 44.2 Å². The predicted molar refractivity (Wildman–Crippen MR) is 97.6 cm³/mol. The van der Waals surface area contributed by atoms with Crippen LogP contribution in [0.25, 0.3) is 0 Å². The lowest BCUT2D eigenvalue weighted by atomic mass is 10.2. The van der Waals surface area contributed by atoms with Crippen molar-refractivity contribution in [1.82, 2.24) is 9.62 Å². The molecule has 136 valence electrons. The van der Waals surface area contributed by atoms with Crippen LogP contribution in [0.5, 0.6) is 0 Å². The summed E-state index contributed by atoms with van der Waals surface area (Å²) >= 11 is 5.81. The van der Waals surface area contributed by atoms with Gasteiger partial charge >= 0.3 is 0 Å². The first kappa shape index (κ1) is 18.4. The number of amides is 2. The lowest BCUT2D eigenvalue weighted by Gasteiger charge is -2.26. The van der Waals surface area contributed by atoms with Crippen molar-refractivity contribution in [3.63, 3.8) is 0 Å². The van der Waals surface area contributed by atoms with E-state index in [1.165, 1.54) is 24.3 Å². The molecule has 1 fully saturated rings. The quantitative estimate of drug-likeness (QED) is 0.826. The van der Waals surface area contributed by atoms with E-state index < -0.39 is 15.9 Å². The third-order valence-corrected chi connectivity index (χ3v) is 5.93. The van der Waals surface area contributed by atoms with Crippen LogP contribution < -0.4 is 10.6 Å². The summed E-state index contributed by atoms with van der Waals surface area (Å²) in [5.41, 5.74) is 0.739. The first-order chi connectivity index (χ1) is 12.4. The minimum Gasteiger partial charge on any atom is -0.354 e. The number of nitrogens with zero attached hydrogens (tertiary/aromatic N) is 1. The summed E-state index contributed by atoms with van der Waals surface area (Å²) in [7, 11) is -3.85. The molecule has 7 nitrogen and oxygen atoms in total. The minimum absolute atomic E-state index is 0.0315. The first-order valence-electron chi connectivity index (χ1n) is 7.80. The fourth-order valence-electron chi connectivity index (χ4n) is 2.50. The van der Waals surface area contributed by atoms with Gasteiger partial charge in [0.25, 0.3) is 5.91 Å². The molecule has 3 rings (SSSR count). The Morgan fingerprint density at radius 2 is 1.88 bits per heavy atom. The van der Waals surface area contributed by atoms with Gasteiger partial charge in [-0.3, -0.25) is 9.59 Å². The van der Waals surface area contributed by atoms with Gasteiger partial charge in [0, 0.05) is 29.4 Å². The van der Waals surface area contributed by atoms with E-state index in [0.29, 0.717) is 10.7 Å². The van der Waals surface area contributed by atoms with E-state index in [9.17, 15) is 18.0 Å². The van der Waals surface area contributed by atoms with Crippen molar-refractivity contribution in [2.45, 2.75) is 4.90 Å². The van der Waals surface area contributed by atoms with Gasteiger partial charge in [-0.15, -0.1) is 0 Å². The predicted octanol–water partition coefficient (Wildman–Crippen LogP) is 1.71. The number of carbonyl (C=O) groups excluding carboxylic acids is 2. The molecular weight excluding hydrogens is 378 g/mol. The summed E-state index contributed by atoms with van der Waals surface area (Å²) in [6, 6.07) is 12.3. The molecule has 1 aliphatic rings. The zero-order valence-corrected chi connectivity index (χ0v) is 15.2. The van der Waals surface area contributed by atoms with Gasteiger partial charge in [0.1, 0.15) is 0 Å². The summed E-state index contributed by atoms with van der Waals surface area (Å²) in [4.78, 5) is 23.8. The van der Waals surface area contributed by atoms with Crippen LogP contribution in [0, 0.1) is 0 Å². The normalized spacial score (nSPS) is 15.3. The van der Waals surface area contributed by atoms with Crippen molar-refractivity contribution in [1.29, 1.82) is 0 Å². The first-order valence-corrected chi connectivity index (χ1v) is 9.62. The van der Waals surface area contributed by atoms with E-state index in [-0.39, 0.29) is 36.0 Å². The maximum Gasteiger partial charge on any atom is 0.255 e. The van der Waals surface area contributed by atoms with Crippen LogP contribution >= 0.6 is 11.6 Å². The number of rotatable bonds is 4. The fourth-order valence-corrected chi connectivity index (χ4v) is 4.07. The smallest absolute Gasteiger partial charge is 0.255 e. The van der Waals surface area contributed by atoms with Crippen molar-refractivity contribution in [2.24, 2.45) is 0 Å². The van der Waals surface area contributed by atoms with Crippen LogP contribution in [0.1, 0.15) is 10.4 Å². The Hall–Kier alpha value is -2.42. The number of sulfonamides is 1. The number of carbonyl (C=O) groups is 2. The number of benzene rings is 2. The molecule has 0 aliphatic carbocycles. The second kappa shape index (κ2) is 7.45. The number of halogens is 1. The molecule has 0 radical (unpaired) electrons. The zero-order chi connectivity index (χ0) is 18.7. The zero-order valence-electron chi connectivity index (χ0n) is 13.6. The van der Waals surface area contributed by atoms with Gasteiger partial charge in [0.05, 0.1) is 11.4 Å². The van der Waals surface area contributed by atoms with Gasteiger partial charge in [-0.2, -0.15) is 4.31 Å². The molecule has 0 aromatic heterocycles. The minimum atomic E-state index is -3.85. The number of hydrogen-bond acceptors (Lipinski definition) is 4. The highest BCUT2D eigenvalue weighted by Crippen LogP contribution is 2.19. The number of piperazine rings is 1. The Labute approximate surface area is 156 Å². The number of anilines is 1. The highest BCUT2D eigenvalue weighted by Gasteiger charge is 2.29. The Morgan fingerprint density at radius 1 is 1.15 bits per heavy atom. The van der Waals surface area contributed by atoms with E-state index in [2.05, 4.69) is 10.6 Å². The Balaban J connectivity index is 1.82. The van der Waals surface area contributed by atoms with Crippen molar-refractivity contribution < 1.29 is 18.0 Å². The molecule has 9 heteroatoms. The molecule has 1 heterocycles. The second-order valence-corrected chi connectivity index (χ2v) is 8.05. The SMILES string of the molecule is O=C1CN(S(=O)(=O)c2cccc(C(=O)Nc3ccc(Cl)cc3)c2)CCN1. The molecule has 2 aromatic rings. The van der Waals surface area contributed by atoms with Crippen LogP contribution in [0.3, 0.4) is 0 Å². The van der Waals surface area contributed by atoms with Crippen LogP contribution in [0.4, 0.5) is 5.69 Å². The highest BCUT2D eigenvalue weighted by atomic mass is 35.5. The van der Waals surface area contributed by atoms with Crippen LogP contribution in [0.15, 0.2) is 53.4 Å². The summed E-state index contributed by atoms with van der Waals surface area (Å²) in [6.07, 6.45) is 0. The monoisotopic (exact) mass is 393 g/mol. The highest BCUT2D eigenvalue weighted by molar-refractivity contribution is 7.89. The van der Waals surface area contributed by atoms with Crippen molar-refractivity contribution in [2.75, 3.05) is 25.0 Å². The van der Waals surface area contributed by atoms with Crippen molar-refractivity contribution in [3.8, 4) is 0 Å². The average molecular weight is 394 g/mol. The molecule has 0 unspecified atom stereocenters. The average Bonchev–Trinajstić information content (AvgIpc) is 2.63. The van der Waals surface area contributed by atoms with E-state index >= 15 is 0 Å². The summed E-state index contributed by atoms with van der Waals surface area (Å²) < 4.78 is 26.5. The van der Waals surface area contributed by atoms with Gasteiger partial charge in [-0.1, -0.05) is 17.7 Å². The lowest BCUT2D eigenvalue weighted by molar-refractivity contribution is -0.122. The molecule has 0 atom stereocenters. The Bertz CT molecular complexity index is 945. The van der Waals surface area contributed by atoms with Gasteiger partial charge in [-0.25, -0.2) is 8.42 Å². The van der Waals surface area contributed by atoms with Gasteiger partial charge in [-0.05, 0) is 42.5 Å². The number of nitrogens with one attached hydrogen (secondary N) is 2. The van der Waals surface area contributed by atoms with Gasteiger partial charge < -0.3 is 10.6 Å². The molecule has 1 saturated heterocycles. The second-order valence-electron chi connectivity index (χ2n) is 5.68. The van der Waals surface area contributed by atoms with Gasteiger partial charge in [0.2, 0.25) is 15.9 Å². The van der Waals surface area contributed by atoms with Gasteiger partial charge in [0.15, 0.2) is 0 Å². The molecule has 1 aliphatic heterocycles. The van der Waals surface area contributed by atoms with Crippen LogP contribution in [-0.2, 0) is 14.8 Å². The van der Waals surface area contributed by atoms with E-state index in [1.54, 1.807) is 24.3 Å². The maximum absolute atomic E-state index is 12.7. The molecule has 0 spiro atoms. The van der Waals surface area contributed by atoms with Crippen molar-refractivity contribution >= 4 is 39.1 Å². The Kier molecular flexibility index (Phi) is 5.26. The maximum atomic E-state index is 12.7. The molecule has 2 aromatic carbocycles. The molecule has 2 amide bonds. The third kappa shape index (κ3) is 4.04. The van der Waals surface area contributed by atoms with E-state index in [4.69, 9.17) is 11.6 Å². The molecule has 2 N–H and O–H groups in total.